The molecule has 0 spiro atoms. The lowest BCUT2D eigenvalue weighted by Gasteiger charge is -2.14. The highest BCUT2D eigenvalue weighted by Crippen LogP contribution is 2.24. The molecule has 0 aromatic carbocycles. The van der Waals surface area contributed by atoms with Crippen LogP contribution < -0.4 is 0 Å². The van der Waals surface area contributed by atoms with E-state index in [1.54, 1.807) is 4.57 Å². The Balaban J connectivity index is 2.02. The molecule has 0 atom stereocenters. The van der Waals surface area contributed by atoms with Crippen molar-refractivity contribution in [2.45, 2.75) is 30.8 Å². The van der Waals surface area contributed by atoms with E-state index in [2.05, 4.69) is 4.98 Å². The first-order valence-corrected chi connectivity index (χ1v) is 6.84. The molecule has 7 heteroatoms. The van der Waals surface area contributed by atoms with Gasteiger partial charge in [-0.1, -0.05) is 4.47 Å². The maximum atomic E-state index is 12.2. The van der Waals surface area contributed by atoms with Gasteiger partial charge in [0.1, 0.15) is 5.82 Å². The largest absolute Gasteiger partial charge is 0.318 e. The third-order valence-electron chi connectivity index (χ3n) is 2.94. The fourth-order valence-electron chi connectivity index (χ4n) is 2.15. The van der Waals surface area contributed by atoms with Gasteiger partial charge in [0.05, 0.1) is 12.8 Å². The molecule has 88 valence electrons. The number of aromatic nitrogens is 2. The van der Waals surface area contributed by atoms with Gasteiger partial charge < -0.3 is 4.57 Å². The van der Waals surface area contributed by atoms with Gasteiger partial charge in [-0.2, -0.15) is 0 Å². The van der Waals surface area contributed by atoms with E-state index in [4.69, 9.17) is 4.84 Å². The van der Waals surface area contributed by atoms with E-state index in [0.717, 1.165) is 36.1 Å². The second-order valence-electron chi connectivity index (χ2n) is 3.99. The summed E-state index contributed by atoms with van der Waals surface area (Å²) in [5.41, 5.74) is 0. The number of nitrogens with zero attached hydrogens (tertiary/aromatic N) is 3. The maximum Gasteiger partial charge on any atom is 0.282 e. The quantitative estimate of drug-likeness (QED) is 0.742. The summed E-state index contributed by atoms with van der Waals surface area (Å²) in [5.74, 6) is 0.859. The molecule has 16 heavy (non-hydrogen) atoms. The van der Waals surface area contributed by atoms with Gasteiger partial charge in [0.25, 0.3) is 10.0 Å². The van der Waals surface area contributed by atoms with Crippen LogP contribution in [0.1, 0.15) is 18.7 Å². The van der Waals surface area contributed by atoms with Crippen LogP contribution in [0, 0.1) is 0 Å². The third-order valence-corrected chi connectivity index (χ3v) is 4.61. The lowest BCUT2D eigenvalue weighted by molar-refractivity contribution is -0.0288. The van der Waals surface area contributed by atoms with Crippen molar-refractivity contribution in [1.82, 2.24) is 14.0 Å². The number of hydrogen-bond acceptors (Lipinski definition) is 4. The Labute approximate surface area is 93.8 Å². The number of rotatable bonds is 2. The number of fused-ring (bicyclic) bond motifs is 1. The van der Waals surface area contributed by atoms with Crippen LogP contribution in [0.5, 0.6) is 0 Å². The number of imidazole rings is 1. The van der Waals surface area contributed by atoms with Gasteiger partial charge in [-0.3, -0.25) is 4.84 Å². The monoisotopic (exact) mass is 243 g/mol. The number of aryl methyl sites for hydroxylation is 1. The number of hydrogen-bond donors (Lipinski definition) is 0. The average Bonchev–Trinajstić information content (AvgIpc) is 2.95. The highest BCUT2D eigenvalue weighted by atomic mass is 32.2. The number of hydroxylamine groups is 1. The molecule has 2 aliphatic rings. The average molecular weight is 243 g/mol. The van der Waals surface area contributed by atoms with Gasteiger partial charge in [-0.15, -0.1) is 0 Å². The van der Waals surface area contributed by atoms with Crippen molar-refractivity contribution in [3.63, 3.8) is 0 Å². The molecule has 1 aromatic heterocycles. The minimum absolute atomic E-state index is 0.266. The highest BCUT2D eigenvalue weighted by Gasteiger charge is 2.33. The van der Waals surface area contributed by atoms with E-state index in [1.807, 2.05) is 0 Å². The first kappa shape index (κ1) is 10.2. The van der Waals surface area contributed by atoms with Crippen LogP contribution in [0.3, 0.4) is 0 Å². The van der Waals surface area contributed by atoms with Crippen molar-refractivity contribution in [2.75, 3.05) is 13.2 Å². The van der Waals surface area contributed by atoms with Crippen molar-refractivity contribution < 1.29 is 13.3 Å². The van der Waals surface area contributed by atoms with Gasteiger partial charge in [0, 0.05) is 19.5 Å². The predicted octanol–water partition coefficient (Wildman–Crippen LogP) is 0.155. The van der Waals surface area contributed by atoms with Gasteiger partial charge >= 0.3 is 0 Å². The van der Waals surface area contributed by atoms with Crippen LogP contribution in [0.25, 0.3) is 0 Å². The van der Waals surface area contributed by atoms with E-state index in [1.165, 1.54) is 6.20 Å². The zero-order chi connectivity index (χ0) is 11.2. The molecule has 1 saturated heterocycles. The topological polar surface area (TPSA) is 64.4 Å². The van der Waals surface area contributed by atoms with Gasteiger partial charge in [-0.25, -0.2) is 13.4 Å². The van der Waals surface area contributed by atoms with Crippen LogP contribution in [-0.4, -0.2) is 35.6 Å². The second-order valence-corrected chi connectivity index (χ2v) is 5.76. The molecule has 2 aliphatic heterocycles. The van der Waals surface area contributed by atoms with Crippen LogP contribution >= 0.6 is 0 Å². The molecule has 3 rings (SSSR count). The summed E-state index contributed by atoms with van der Waals surface area (Å²) in [6.07, 6.45) is 4.01. The van der Waals surface area contributed by atoms with Crippen molar-refractivity contribution in [1.29, 1.82) is 0 Å². The lowest BCUT2D eigenvalue weighted by atomic mass is 10.4. The minimum atomic E-state index is -3.51. The molecular weight excluding hydrogens is 230 g/mol. The maximum absolute atomic E-state index is 12.2. The molecule has 1 aromatic rings. The predicted molar refractivity (Wildman–Crippen MR) is 55.0 cm³/mol. The summed E-state index contributed by atoms with van der Waals surface area (Å²) in [5, 5.41) is 0.266. The second kappa shape index (κ2) is 3.54. The van der Waals surface area contributed by atoms with Gasteiger partial charge in [0.2, 0.25) is 0 Å². The molecule has 0 aliphatic carbocycles. The molecule has 3 heterocycles. The Kier molecular flexibility index (Phi) is 2.27. The van der Waals surface area contributed by atoms with Crippen LogP contribution in [0.2, 0.25) is 0 Å². The molecule has 0 saturated carbocycles. The molecular formula is C9H13N3O3S. The minimum Gasteiger partial charge on any atom is -0.318 e. The van der Waals surface area contributed by atoms with E-state index >= 15 is 0 Å². The van der Waals surface area contributed by atoms with E-state index in [-0.39, 0.29) is 5.03 Å². The van der Waals surface area contributed by atoms with Crippen LogP contribution in [0.15, 0.2) is 11.2 Å². The SMILES string of the molecule is O=S(=O)(c1cnc2n1CCC2)N1CCCO1. The molecule has 6 nitrogen and oxygen atoms in total. The lowest BCUT2D eigenvalue weighted by Crippen LogP contribution is -2.28. The van der Waals surface area contributed by atoms with Crippen molar-refractivity contribution in [2.24, 2.45) is 0 Å². The Bertz CT molecular complexity index is 502. The summed E-state index contributed by atoms with van der Waals surface area (Å²) in [4.78, 5) is 9.24. The Morgan fingerprint density at radius 2 is 2.19 bits per heavy atom. The summed E-state index contributed by atoms with van der Waals surface area (Å²) >= 11 is 0. The van der Waals surface area contributed by atoms with E-state index in [9.17, 15) is 8.42 Å². The zero-order valence-corrected chi connectivity index (χ0v) is 9.61. The van der Waals surface area contributed by atoms with Crippen LogP contribution in [-0.2, 0) is 27.8 Å². The number of sulfonamides is 1. The Morgan fingerprint density at radius 3 is 2.94 bits per heavy atom. The summed E-state index contributed by atoms with van der Waals surface area (Å²) in [7, 11) is -3.51. The third kappa shape index (κ3) is 1.39. The van der Waals surface area contributed by atoms with Gasteiger partial charge in [0.15, 0.2) is 5.03 Å². The Morgan fingerprint density at radius 1 is 1.31 bits per heavy atom. The normalized spacial score (nSPS) is 21.5. The fourth-order valence-corrected chi connectivity index (χ4v) is 3.61. The molecule has 0 N–H and O–H groups in total. The molecule has 0 radical (unpaired) electrons. The highest BCUT2D eigenvalue weighted by molar-refractivity contribution is 7.88. The molecule has 0 unspecified atom stereocenters. The van der Waals surface area contributed by atoms with Gasteiger partial charge in [-0.05, 0) is 12.8 Å². The summed E-state index contributed by atoms with van der Waals surface area (Å²) in [6.45, 7) is 1.64. The van der Waals surface area contributed by atoms with Crippen molar-refractivity contribution in [3.8, 4) is 0 Å². The molecule has 0 amide bonds. The van der Waals surface area contributed by atoms with Crippen LogP contribution in [0.4, 0.5) is 0 Å². The first-order chi connectivity index (χ1) is 7.69. The molecule has 0 bridgehead atoms. The van der Waals surface area contributed by atoms with Crippen molar-refractivity contribution in [3.05, 3.63) is 12.0 Å². The van der Waals surface area contributed by atoms with Crippen molar-refractivity contribution >= 4 is 10.0 Å². The van der Waals surface area contributed by atoms with E-state index in [0.29, 0.717) is 13.2 Å². The zero-order valence-electron chi connectivity index (χ0n) is 8.79. The van der Waals surface area contributed by atoms with E-state index < -0.39 is 10.0 Å². The smallest absolute Gasteiger partial charge is 0.282 e. The first-order valence-electron chi connectivity index (χ1n) is 5.39. The standard InChI is InChI=1S/C9H13N3O3S/c13-16(14,12-5-2-6-15-12)9-7-10-8-3-1-4-11(8)9/h7H,1-6H2. The summed E-state index contributed by atoms with van der Waals surface area (Å²) in [6, 6.07) is 0. The fraction of sp³-hybridized carbons (Fsp3) is 0.667. The Hall–Kier alpha value is -0.920. The summed E-state index contributed by atoms with van der Waals surface area (Å²) < 4.78 is 27.2. The molecule has 1 fully saturated rings.